The predicted molar refractivity (Wildman–Crippen MR) is 117 cm³/mol. The Hall–Kier alpha value is -3.86. The van der Waals surface area contributed by atoms with Crippen molar-refractivity contribution >= 4 is 17.5 Å². The molecule has 2 N–H and O–H groups in total. The first-order valence-electron chi connectivity index (χ1n) is 9.48. The Morgan fingerprint density at radius 3 is 2.14 bits per heavy atom. The number of aryl methyl sites for hydroxylation is 1. The highest BCUT2D eigenvalue weighted by Crippen LogP contribution is 2.24. The Morgan fingerprint density at radius 2 is 1.41 bits per heavy atom. The Kier molecular flexibility index (Phi) is 5.67. The van der Waals surface area contributed by atoms with Crippen LogP contribution in [-0.2, 0) is 6.54 Å². The number of ether oxygens (including phenoxy) is 1. The number of hydrogen-bond acceptors (Lipinski definition) is 5. The third kappa shape index (κ3) is 5.32. The molecule has 3 aromatic carbocycles. The molecule has 4 rings (SSSR count). The molecule has 0 aliphatic heterocycles. The summed E-state index contributed by atoms with van der Waals surface area (Å²) in [6.45, 7) is 2.63. The molecule has 29 heavy (non-hydrogen) atoms. The van der Waals surface area contributed by atoms with Gasteiger partial charge in [0.25, 0.3) is 0 Å². The van der Waals surface area contributed by atoms with Gasteiger partial charge in [-0.05, 0) is 48.9 Å². The fourth-order valence-electron chi connectivity index (χ4n) is 2.87. The number of para-hydroxylation sites is 1. The number of benzene rings is 3. The van der Waals surface area contributed by atoms with Gasteiger partial charge in [-0.25, -0.2) is 4.98 Å². The van der Waals surface area contributed by atoms with E-state index >= 15 is 0 Å². The van der Waals surface area contributed by atoms with E-state index in [2.05, 4.69) is 32.7 Å². The van der Waals surface area contributed by atoms with Gasteiger partial charge in [0, 0.05) is 24.0 Å². The van der Waals surface area contributed by atoms with E-state index in [9.17, 15) is 0 Å². The van der Waals surface area contributed by atoms with Gasteiger partial charge in [0.2, 0.25) is 5.95 Å². The summed E-state index contributed by atoms with van der Waals surface area (Å²) >= 11 is 0. The molecule has 0 fully saturated rings. The average molecular weight is 382 g/mol. The molecule has 0 atom stereocenters. The third-order valence-corrected chi connectivity index (χ3v) is 4.25. The van der Waals surface area contributed by atoms with E-state index in [-0.39, 0.29) is 0 Å². The van der Waals surface area contributed by atoms with Gasteiger partial charge in [0.1, 0.15) is 17.3 Å². The SMILES string of the molecule is Cc1cc(Nc2ccc(Oc3ccccc3)cc2)nc(NCc2ccccc2)n1. The highest BCUT2D eigenvalue weighted by atomic mass is 16.5. The number of aromatic nitrogens is 2. The van der Waals surface area contributed by atoms with Crippen LogP contribution in [0.2, 0.25) is 0 Å². The Morgan fingerprint density at radius 1 is 0.759 bits per heavy atom. The van der Waals surface area contributed by atoms with E-state index in [1.165, 1.54) is 5.56 Å². The zero-order valence-corrected chi connectivity index (χ0v) is 16.2. The molecule has 5 nitrogen and oxygen atoms in total. The summed E-state index contributed by atoms with van der Waals surface area (Å²) in [4.78, 5) is 9.04. The van der Waals surface area contributed by atoms with E-state index in [1.807, 2.05) is 85.8 Å². The molecule has 144 valence electrons. The number of nitrogens with one attached hydrogen (secondary N) is 2. The van der Waals surface area contributed by atoms with Crippen molar-refractivity contribution in [3.63, 3.8) is 0 Å². The maximum absolute atomic E-state index is 5.83. The first kappa shape index (κ1) is 18.5. The number of anilines is 3. The van der Waals surface area contributed by atoms with Crippen molar-refractivity contribution in [2.45, 2.75) is 13.5 Å². The van der Waals surface area contributed by atoms with Crippen molar-refractivity contribution in [1.29, 1.82) is 0 Å². The van der Waals surface area contributed by atoms with Gasteiger partial charge in [0.05, 0.1) is 0 Å². The maximum Gasteiger partial charge on any atom is 0.225 e. The summed E-state index contributed by atoms with van der Waals surface area (Å²) in [6, 6.07) is 29.6. The largest absolute Gasteiger partial charge is 0.457 e. The lowest BCUT2D eigenvalue weighted by Crippen LogP contribution is -2.06. The highest BCUT2D eigenvalue weighted by molar-refractivity contribution is 5.58. The number of nitrogens with zero attached hydrogens (tertiary/aromatic N) is 2. The molecule has 0 bridgehead atoms. The van der Waals surface area contributed by atoms with Crippen LogP contribution in [0, 0.1) is 6.92 Å². The monoisotopic (exact) mass is 382 g/mol. The van der Waals surface area contributed by atoms with Gasteiger partial charge >= 0.3 is 0 Å². The molecule has 0 aliphatic carbocycles. The Labute approximate surface area is 170 Å². The second kappa shape index (κ2) is 8.89. The highest BCUT2D eigenvalue weighted by Gasteiger charge is 2.04. The molecule has 0 saturated carbocycles. The maximum atomic E-state index is 5.83. The predicted octanol–water partition coefficient (Wildman–Crippen LogP) is 5.93. The van der Waals surface area contributed by atoms with Crippen molar-refractivity contribution < 1.29 is 4.74 Å². The van der Waals surface area contributed by atoms with Crippen LogP contribution < -0.4 is 15.4 Å². The summed E-state index contributed by atoms with van der Waals surface area (Å²) in [6.07, 6.45) is 0. The van der Waals surface area contributed by atoms with Crippen LogP contribution in [0.15, 0.2) is 91.0 Å². The van der Waals surface area contributed by atoms with Crippen LogP contribution in [0.4, 0.5) is 17.5 Å². The first-order valence-corrected chi connectivity index (χ1v) is 9.48. The van der Waals surface area contributed by atoms with Crippen molar-refractivity contribution in [3.05, 3.63) is 102 Å². The van der Waals surface area contributed by atoms with Crippen molar-refractivity contribution in [2.75, 3.05) is 10.6 Å². The van der Waals surface area contributed by atoms with Gasteiger partial charge in [-0.2, -0.15) is 4.98 Å². The molecule has 1 aromatic heterocycles. The molecular formula is C24H22N4O. The third-order valence-electron chi connectivity index (χ3n) is 4.25. The van der Waals surface area contributed by atoms with Crippen LogP contribution in [0.25, 0.3) is 0 Å². The van der Waals surface area contributed by atoms with Gasteiger partial charge < -0.3 is 15.4 Å². The van der Waals surface area contributed by atoms with E-state index < -0.39 is 0 Å². The summed E-state index contributed by atoms with van der Waals surface area (Å²) in [5, 5.41) is 6.61. The molecule has 0 radical (unpaired) electrons. The zero-order chi connectivity index (χ0) is 19.9. The van der Waals surface area contributed by atoms with E-state index in [0.717, 1.165) is 28.7 Å². The smallest absolute Gasteiger partial charge is 0.225 e. The minimum Gasteiger partial charge on any atom is -0.457 e. The molecule has 1 heterocycles. The van der Waals surface area contributed by atoms with Gasteiger partial charge in [-0.1, -0.05) is 48.5 Å². The summed E-state index contributed by atoms with van der Waals surface area (Å²) < 4.78 is 5.83. The summed E-state index contributed by atoms with van der Waals surface area (Å²) in [7, 11) is 0. The normalized spacial score (nSPS) is 10.4. The van der Waals surface area contributed by atoms with Gasteiger partial charge in [-0.15, -0.1) is 0 Å². The first-order chi connectivity index (χ1) is 14.2. The Bertz CT molecular complexity index is 1050. The lowest BCUT2D eigenvalue weighted by molar-refractivity contribution is 0.483. The van der Waals surface area contributed by atoms with Crippen LogP contribution >= 0.6 is 0 Å². The molecule has 0 amide bonds. The second-order valence-electron chi connectivity index (χ2n) is 6.62. The number of hydrogen-bond donors (Lipinski definition) is 2. The summed E-state index contributed by atoms with van der Waals surface area (Å²) in [5.41, 5.74) is 3.00. The molecule has 0 unspecified atom stereocenters. The van der Waals surface area contributed by atoms with E-state index in [1.54, 1.807) is 0 Å². The van der Waals surface area contributed by atoms with Crippen molar-refractivity contribution in [2.24, 2.45) is 0 Å². The van der Waals surface area contributed by atoms with Crippen molar-refractivity contribution in [3.8, 4) is 11.5 Å². The molecule has 0 spiro atoms. The van der Waals surface area contributed by atoms with Gasteiger partial charge in [-0.3, -0.25) is 0 Å². The van der Waals surface area contributed by atoms with Crippen LogP contribution in [0.3, 0.4) is 0 Å². The minimum atomic E-state index is 0.598. The fourth-order valence-corrected chi connectivity index (χ4v) is 2.87. The number of rotatable bonds is 7. The average Bonchev–Trinajstić information content (AvgIpc) is 2.75. The van der Waals surface area contributed by atoms with Crippen molar-refractivity contribution in [1.82, 2.24) is 9.97 Å². The molecule has 5 heteroatoms. The van der Waals surface area contributed by atoms with E-state index in [0.29, 0.717) is 12.5 Å². The van der Waals surface area contributed by atoms with Crippen LogP contribution in [0.5, 0.6) is 11.5 Å². The molecule has 4 aromatic rings. The van der Waals surface area contributed by atoms with Gasteiger partial charge in [0.15, 0.2) is 0 Å². The molecular weight excluding hydrogens is 360 g/mol. The lowest BCUT2D eigenvalue weighted by Gasteiger charge is -2.11. The fraction of sp³-hybridized carbons (Fsp3) is 0.0833. The van der Waals surface area contributed by atoms with Crippen LogP contribution in [0.1, 0.15) is 11.3 Å². The van der Waals surface area contributed by atoms with Crippen LogP contribution in [-0.4, -0.2) is 9.97 Å². The quantitative estimate of drug-likeness (QED) is 0.415. The second-order valence-corrected chi connectivity index (χ2v) is 6.62. The molecule has 0 aliphatic rings. The minimum absolute atomic E-state index is 0.598. The lowest BCUT2D eigenvalue weighted by atomic mass is 10.2. The topological polar surface area (TPSA) is 59.1 Å². The standard InChI is InChI=1S/C24H22N4O/c1-18-16-23(28-24(26-18)25-17-19-8-4-2-5-9-19)27-20-12-14-22(15-13-20)29-21-10-6-3-7-11-21/h2-16H,17H2,1H3,(H2,25,26,27,28). The Balaban J connectivity index is 1.41. The van der Waals surface area contributed by atoms with E-state index in [4.69, 9.17) is 4.74 Å². The summed E-state index contributed by atoms with van der Waals surface area (Å²) in [5.74, 6) is 2.93. The zero-order valence-electron chi connectivity index (χ0n) is 16.2. The molecule has 0 saturated heterocycles.